The Kier molecular flexibility index (Phi) is 5.44. The van der Waals surface area contributed by atoms with E-state index in [0.717, 1.165) is 32.5 Å². The second-order valence-electron chi connectivity index (χ2n) is 6.23. The van der Waals surface area contributed by atoms with Crippen molar-refractivity contribution in [2.45, 2.75) is 52.3 Å². The Bertz CT molecular complexity index is 409. The second-order valence-corrected chi connectivity index (χ2v) is 6.23. The molecule has 0 radical (unpaired) electrons. The zero-order valence-electron chi connectivity index (χ0n) is 13.0. The van der Waals surface area contributed by atoms with E-state index in [1.54, 1.807) is 0 Å². The largest absolute Gasteiger partial charge is 0.393 e. The smallest absolute Gasteiger partial charge is 0.0541 e. The summed E-state index contributed by atoms with van der Waals surface area (Å²) in [6.45, 7) is 9.29. The van der Waals surface area contributed by atoms with Gasteiger partial charge >= 0.3 is 0 Å². The molecular formula is C17H28N2O. The van der Waals surface area contributed by atoms with E-state index in [1.165, 1.54) is 11.3 Å². The zero-order valence-corrected chi connectivity index (χ0v) is 13.0. The predicted molar refractivity (Wildman–Crippen MR) is 85.0 cm³/mol. The summed E-state index contributed by atoms with van der Waals surface area (Å²) in [7, 11) is 0. The maximum absolute atomic E-state index is 9.71. The summed E-state index contributed by atoms with van der Waals surface area (Å²) in [5.74, 6) is 0.465. The first-order valence-electron chi connectivity index (χ1n) is 7.82. The summed E-state index contributed by atoms with van der Waals surface area (Å²) in [5.41, 5.74) is 2.72. The van der Waals surface area contributed by atoms with E-state index in [9.17, 15) is 5.11 Å². The van der Waals surface area contributed by atoms with Crippen molar-refractivity contribution in [3.8, 4) is 0 Å². The molecule has 0 amide bonds. The molecule has 3 heteroatoms. The van der Waals surface area contributed by atoms with Crippen molar-refractivity contribution < 1.29 is 5.11 Å². The highest BCUT2D eigenvalue weighted by Gasteiger charge is 2.23. The number of hydrogen-bond donors (Lipinski definition) is 2. The van der Waals surface area contributed by atoms with Gasteiger partial charge in [-0.05, 0) is 37.3 Å². The van der Waals surface area contributed by atoms with E-state index in [0.29, 0.717) is 12.0 Å². The first kappa shape index (κ1) is 15.3. The number of aliphatic hydroxyl groups excluding tert-OH is 1. The molecule has 1 atom stereocenters. The Labute approximate surface area is 123 Å². The van der Waals surface area contributed by atoms with Gasteiger partial charge in [0.2, 0.25) is 0 Å². The molecular weight excluding hydrogens is 248 g/mol. The summed E-state index contributed by atoms with van der Waals surface area (Å²) in [4.78, 5) is 2.47. The van der Waals surface area contributed by atoms with Crippen molar-refractivity contribution in [1.29, 1.82) is 0 Å². The van der Waals surface area contributed by atoms with Crippen molar-refractivity contribution in [3.63, 3.8) is 0 Å². The SMILES string of the molecule is CC(C)NCc1ccccc1N1CCC(C(C)O)CC1. The van der Waals surface area contributed by atoms with Gasteiger partial charge in [-0.2, -0.15) is 0 Å². The number of para-hydroxylation sites is 1. The normalized spacial score (nSPS) is 18.6. The molecule has 1 aromatic carbocycles. The summed E-state index contributed by atoms with van der Waals surface area (Å²) in [5, 5.41) is 13.2. The lowest BCUT2D eigenvalue weighted by Gasteiger charge is -2.36. The minimum Gasteiger partial charge on any atom is -0.393 e. The van der Waals surface area contributed by atoms with Crippen LogP contribution in [0.4, 0.5) is 5.69 Å². The van der Waals surface area contributed by atoms with Crippen LogP contribution in [-0.4, -0.2) is 30.3 Å². The average molecular weight is 276 g/mol. The standard InChI is InChI=1S/C17H28N2O/c1-13(2)18-12-16-6-4-5-7-17(16)19-10-8-15(9-11-19)14(3)20/h4-7,13-15,18,20H,8-12H2,1-3H3. The molecule has 1 aromatic rings. The van der Waals surface area contributed by atoms with Crippen molar-refractivity contribution in [3.05, 3.63) is 29.8 Å². The van der Waals surface area contributed by atoms with Crippen LogP contribution in [0.3, 0.4) is 0 Å². The maximum Gasteiger partial charge on any atom is 0.0541 e. The number of aliphatic hydroxyl groups is 1. The topological polar surface area (TPSA) is 35.5 Å². The molecule has 0 aliphatic carbocycles. The lowest BCUT2D eigenvalue weighted by Crippen LogP contribution is -2.37. The van der Waals surface area contributed by atoms with Gasteiger partial charge < -0.3 is 15.3 Å². The monoisotopic (exact) mass is 276 g/mol. The number of piperidine rings is 1. The fourth-order valence-electron chi connectivity index (χ4n) is 2.91. The molecule has 1 saturated heterocycles. The van der Waals surface area contributed by atoms with Crippen LogP contribution in [0.2, 0.25) is 0 Å². The summed E-state index contributed by atoms with van der Waals surface area (Å²) >= 11 is 0. The van der Waals surface area contributed by atoms with Crippen molar-refractivity contribution in [2.75, 3.05) is 18.0 Å². The molecule has 1 unspecified atom stereocenters. The van der Waals surface area contributed by atoms with Crippen LogP contribution in [0.5, 0.6) is 0 Å². The van der Waals surface area contributed by atoms with Gasteiger partial charge in [-0.25, -0.2) is 0 Å². The fraction of sp³-hybridized carbons (Fsp3) is 0.647. The molecule has 0 saturated carbocycles. The van der Waals surface area contributed by atoms with Gasteiger partial charge in [0.1, 0.15) is 0 Å². The third-order valence-electron chi connectivity index (χ3n) is 4.25. The molecule has 1 aliphatic heterocycles. The molecule has 1 heterocycles. The molecule has 1 aliphatic rings. The highest BCUT2D eigenvalue weighted by Crippen LogP contribution is 2.27. The van der Waals surface area contributed by atoms with Crippen LogP contribution in [0, 0.1) is 5.92 Å². The molecule has 0 bridgehead atoms. The van der Waals surface area contributed by atoms with E-state index in [1.807, 2.05) is 6.92 Å². The van der Waals surface area contributed by atoms with Crippen LogP contribution >= 0.6 is 0 Å². The average Bonchev–Trinajstić information content (AvgIpc) is 2.45. The summed E-state index contributed by atoms with van der Waals surface area (Å²) in [6, 6.07) is 9.17. The van der Waals surface area contributed by atoms with Crippen LogP contribution in [0.15, 0.2) is 24.3 Å². The Morgan fingerprint density at radius 3 is 2.45 bits per heavy atom. The van der Waals surface area contributed by atoms with E-state index in [-0.39, 0.29) is 6.10 Å². The molecule has 0 spiro atoms. The molecule has 20 heavy (non-hydrogen) atoms. The number of anilines is 1. The third-order valence-corrected chi connectivity index (χ3v) is 4.25. The van der Waals surface area contributed by atoms with Gasteiger partial charge in [-0.15, -0.1) is 0 Å². The van der Waals surface area contributed by atoms with Crippen LogP contribution in [-0.2, 0) is 6.54 Å². The van der Waals surface area contributed by atoms with Crippen molar-refractivity contribution in [2.24, 2.45) is 5.92 Å². The Hall–Kier alpha value is -1.06. The first-order chi connectivity index (χ1) is 9.58. The van der Waals surface area contributed by atoms with Gasteiger partial charge in [0, 0.05) is 31.4 Å². The molecule has 0 aromatic heterocycles. The molecule has 2 rings (SSSR count). The van der Waals surface area contributed by atoms with Crippen LogP contribution in [0.1, 0.15) is 39.2 Å². The molecule has 2 N–H and O–H groups in total. The molecule has 112 valence electrons. The number of hydrogen-bond acceptors (Lipinski definition) is 3. The lowest BCUT2D eigenvalue weighted by atomic mass is 9.91. The molecule has 3 nitrogen and oxygen atoms in total. The predicted octanol–water partition coefficient (Wildman–Crippen LogP) is 2.78. The Balaban J connectivity index is 2.02. The van der Waals surface area contributed by atoms with Crippen molar-refractivity contribution >= 4 is 5.69 Å². The molecule has 1 fully saturated rings. The van der Waals surface area contributed by atoms with Crippen LogP contribution in [0.25, 0.3) is 0 Å². The van der Waals surface area contributed by atoms with E-state index < -0.39 is 0 Å². The highest BCUT2D eigenvalue weighted by atomic mass is 16.3. The van der Waals surface area contributed by atoms with Crippen LogP contribution < -0.4 is 10.2 Å². The number of nitrogens with zero attached hydrogens (tertiary/aromatic N) is 1. The maximum atomic E-state index is 9.71. The van der Waals surface area contributed by atoms with E-state index in [2.05, 4.69) is 48.3 Å². The zero-order chi connectivity index (χ0) is 14.5. The van der Waals surface area contributed by atoms with E-state index in [4.69, 9.17) is 0 Å². The Morgan fingerprint density at radius 2 is 1.85 bits per heavy atom. The number of benzene rings is 1. The second kappa shape index (κ2) is 7.09. The minimum atomic E-state index is -0.171. The van der Waals surface area contributed by atoms with Gasteiger partial charge in [-0.3, -0.25) is 0 Å². The summed E-state index contributed by atoms with van der Waals surface area (Å²) < 4.78 is 0. The van der Waals surface area contributed by atoms with E-state index >= 15 is 0 Å². The fourth-order valence-corrected chi connectivity index (χ4v) is 2.91. The van der Waals surface area contributed by atoms with Crippen molar-refractivity contribution in [1.82, 2.24) is 5.32 Å². The number of rotatable bonds is 5. The third kappa shape index (κ3) is 3.97. The number of nitrogens with one attached hydrogen (secondary N) is 1. The van der Waals surface area contributed by atoms with Gasteiger partial charge in [-0.1, -0.05) is 32.0 Å². The quantitative estimate of drug-likeness (QED) is 0.868. The van der Waals surface area contributed by atoms with Gasteiger partial charge in [0.15, 0.2) is 0 Å². The summed E-state index contributed by atoms with van der Waals surface area (Å²) in [6.07, 6.45) is 2.00. The Morgan fingerprint density at radius 1 is 1.20 bits per heavy atom. The van der Waals surface area contributed by atoms with Gasteiger partial charge in [0.05, 0.1) is 6.10 Å². The highest BCUT2D eigenvalue weighted by molar-refractivity contribution is 5.54. The van der Waals surface area contributed by atoms with Gasteiger partial charge in [0.25, 0.3) is 0 Å². The minimum absolute atomic E-state index is 0.171. The lowest BCUT2D eigenvalue weighted by molar-refractivity contribution is 0.110. The first-order valence-corrected chi connectivity index (χ1v) is 7.82.